The van der Waals surface area contributed by atoms with Crippen molar-refractivity contribution in [2.45, 2.75) is 6.42 Å². The van der Waals surface area contributed by atoms with Gasteiger partial charge in [0.2, 0.25) is 5.91 Å². The molecule has 0 bridgehead atoms. The maximum atomic E-state index is 11.8. The lowest BCUT2D eigenvalue weighted by Crippen LogP contribution is -2.42. The van der Waals surface area contributed by atoms with Gasteiger partial charge < -0.3 is 4.90 Å². The van der Waals surface area contributed by atoms with E-state index in [1.165, 1.54) is 11.8 Å². The molecule has 0 unspecified atom stereocenters. The van der Waals surface area contributed by atoms with E-state index in [0.29, 0.717) is 18.7 Å². The molecule has 0 spiro atoms. The number of hydrazine groups is 1. The van der Waals surface area contributed by atoms with Gasteiger partial charge in [0.05, 0.1) is 0 Å². The molecule has 112 valence electrons. The van der Waals surface area contributed by atoms with Crippen molar-refractivity contribution in [3.05, 3.63) is 34.3 Å². The normalized spacial score (nSPS) is 14.1. The highest BCUT2D eigenvalue weighted by Crippen LogP contribution is 2.16. The van der Waals surface area contributed by atoms with Gasteiger partial charge in [0, 0.05) is 35.3 Å². The zero-order chi connectivity index (χ0) is 15.2. The molecule has 0 aliphatic carbocycles. The molecule has 0 radical (unpaired) electrons. The van der Waals surface area contributed by atoms with Crippen LogP contribution in [0, 0.1) is 0 Å². The van der Waals surface area contributed by atoms with Gasteiger partial charge in [-0.3, -0.25) is 25.2 Å². The van der Waals surface area contributed by atoms with Gasteiger partial charge in [-0.1, -0.05) is 27.7 Å². The van der Waals surface area contributed by atoms with Gasteiger partial charge in [0.25, 0.3) is 11.1 Å². The minimum Gasteiger partial charge on any atom is -0.332 e. The van der Waals surface area contributed by atoms with Crippen molar-refractivity contribution < 1.29 is 14.4 Å². The summed E-state index contributed by atoms with van der Waals surface area (Å²) >= 11 is 4.53. The molecular weight excluding hydrogens is 358 g/mol. The molecule has 6 nitrogen and oxygen atoms in total. The van der Waals surface area contributed by atoms with E-state index in [1.54, 1.807) is 29.2 Å². The molecule has 1 aliphatic rings. The molecule has 0 atom stereocenters. The fourth-order valence-corrected chi connectivity index (χ4v) is 2.84. The second-order valence-corrected chi connectivity index (χ2v) is 6.32. The number of hydrogen-bond donors (Lipinski definition) is 2. The Kier molecular flexibility index (Phi) is 5.63. The summed E-state index contributed by atoms with van der Waals surface area (Å²) in [5, 5.41) is 0.00157. The highest BCUT2D eigenvalue weighted by molar-refractivity contribution is 9.10. The van der Waals surface area contributed by atoms with Crippen molar-refractivity contribution >= 4 is 44.7 Å². The Labute approximate surface area is 134 Å². The van der Waals surface area contributed by atoms with Crippen LogP contribution >= 0.6 is 27.7 Å². The van der Waals surface area contributed by atoms with Gasteiger partial charge in [-0.25, -0.2) is 0 Å². The number of rotatable bonds is 4. The van der Waals surface area contributed by atoms with E-state index >= 15 is 0 Å². The molecule has 2 N–H and O–H groups in total. The Morgan fingerprint density at radius 3 is 2.57 bits per heavy atom. The fraction of sp³-hybridized carbons (Fsp3) is 0.308. The lowest BCUT2D eigenvalue weighted by atomic mass is 10.2. The van der Waals surface area contributed by atoms with E-state index in [0.717, 1.165) is 10.2 Å². The highest BCUT2D eigenvalue weighted by Gasteiger charge is 2.21. The first-order chi connectivity index (χ1) is 10.1. The van der Waals surface area contributed by atoms with Crippen LogP contribution < -0.4 is 10.9 Å². The third-order valence-corrected chi connectivity index (χ3v) is 4.30. The second kappa shape index (κ2) is 7.46. The minimum absolute atomic E-state index is 0.00157. The Hall–Kier alpha value is -1.54. The van der Waals surface area contributed by atoms with E-state index in [-0.39, 0.29) is 23.5 Å². The number of hydrogen-bond acceptors (Lipinski definition) is 4. The summed E-state index contributed by atoms with van der Waals surface area (Å²) in [6, 6.07) is 6.78. The number of nitrogens with one attached hydrogen (secondary N) is 2. The van der Waals surface area contributed by atoms with Gasteiger partial charge in [-0.2, -0.15) is 0 Å². The standard InChI is InChI=1S/C13H14BrN3O3S/c14-10-3-1-9(2-4-10)12(19)16-15-11(18)5-6-17-7-8-21-13(17)20/h1-4H,5-8H2,(H,15,18)(H,16,19). The zero-order valence-corrected chi connectivity index (χ0v) is 13.5. The van der Waals surface area contributed by atoms with Crippen LogP contribution in [0.3, 0.4) is 0 Å². The first kappa shape index (κ1) is 15.8. The number of carbonyl (C=O) groups excluding carboxylic acids is 3. The highest BCUT2D eigenvalue weighted by atomic mass is 79.9. The van der Waals surface area contributed by atoms with Crippen LogP contribution in [0.4, 0.5) is 4.79 Å². The molecule has 21 heavy (non-hydrogen) atoms. The average molecular weight is 372 g/mol. The number of thioether (sulfide) groups is 1. The Morgan fingerprint density at radius 1 is 1.24 bits per heavy atom. The summed E-state index contributed by atoms with van der Waals surface area (Å²) < 4.78 is 0.872. The van der Waals surface area contributed by atoms with Crippen LogP contribution in [-0.4, -0.2) is 40.8 Å². The van der Waals surface area contributed by atoms with Crippen molar-refractivity contribution in [1.29, 1.82) is 0 Å². The summed E-state index contributed by atoms with van der Waals surface area (Å²) in [6.07, 6.45) is 0.160. The smallest absolute Gasteiger partial charge is 0.281 e. The summed E-state index contributed by atoms with van der Waals surface area (Å²) in [5.74, 6) is 0.0506. The van der Waals surface area contributed by atoms with Crippen molar-refractivity contribution in [2.75, 3.05) is 18.8 Å². The molecule has 1 fully saturated rings. The predicted octanol–water partition coefficient (Wildman–Crippen LogP) is 1.77. The fourth-order valence-electron chi connectivity index (χ4n) is 1.73. The molecule has 0 aromatic heterocycles. The Balaban J connectivity index is 1.72. The van der Waals surface area contributed by atoms with E-state index in [4.69, 9.17) is 0 Å². The van der Waals surface area contributed by atoms with Gasteiger partial charge >= 0.3 is 0 Å². The van der Waals surface area contributed by atoms with Crippen LogP contribution in [0.5, 0.6) is 0 Å². The molecule has 3 amide bonds. The molecule has 2 rings (SSSR count). The lowest BCUT2D eigenvalue weighted by Gasteiger charge is -2.14. The second-order valence-electron chi connectivity index (χ2n) is 4.36. The third-order valence-electron chi connectivity index (χ3n) is 2.88. The molecule has 1 aromatic carbocycles. The van der Waals surface area contributed by atoms with Crippen molar-refractivity contribution in [2.24, 2.45) is 0 Å². The summed E-state index contributed by atoms with van der Waals surface area (Å²) in [4.78, 5) is 36.4. The minimum atomic E-state index is -0.386. The van der Waals surface area contributed by atoms with Crippen molar-refractivity contribution in [1.82, 2.24) is 15.8 Å². The average Bonchev–Trinajstić information content (AvgIpc) is 2.88. The number of benzene rings is 1. The maximum absolute atomic E-state index is 11.8. The largest absolute Gasteiger partial charge is 0.332 e. The first-order valence-corrected chi connectivity index (χ1v) is 8.10. The SMILES string of the molecule is O=C(CCN1CCSC1=O)NNC(=O)c1ccc(Br)cc1. The van der Waals surface area contributed by atoms with Gasteiger partial charge in [-0.15, -0.1) is 0 Å². The quantitative estimate of drug-likeness (QED) is 0.790. The van der Waals surface area contributed by atoms with Gasteiger partial charge in [-0.05, 0) is 24.3 Å². The Bertz CT molecular complexity index is 550. The number of nitrogens with zero attached hydrogens (tertiary/aromatic N) is 1. The van der Waals surface area contributed by atoms with E-state index in [2.05, 4.69) is 26.8 Å². The molecule has 8 heteroatoms. The third kappa shape index (κ3) is 4.75. The van der Waals surface area contributed by atoms with E-state index in [9.17, 15) is 14.4 Å². The maximum Gasteiger partial charge on any atom is 0.281 e. The number of amides is 3. The number of halogens is 1. The van der Waals surface area contributed by atoms with Gasteiger partial charge in [0.1, 0.15) is 0 Å². The van der Waals surface area contributed by atoms with Crippen LogP contribution in [0.25, 0.3) is 0 Å². The van der Waals surface area contributed by atoms with Crippen LogP contribution in [0.1, 0.15) is 16.8 Å². The Morgan fingerprint density at radius 2 is 1.95 bits per heavy atom. The van der Waals surface area contributed by atoms with Crippen molar-refractivity contribution in [3.63, 3.8) is 0 Å². The molecule has 0 saturated carbocycles. The van der Waals surface area contributed by atoms with Gasteiger partial charge in [0.15, 0.2) is 0 Å². The molecule has 1 aliphatic heterocycles. The first-order valence-electron chi connectivity index (χ1n) is 6.33. The topological polar surface area (TPSA) is 78.5 Å². The van der Waals surface area contributed by atoms with E-state index in [1.807, 2.05) is 0 Å². The lowest BCUT2D eigenvalue weighted by molar-refractivity contribution is -0.122. The molecule has 1 saturated heterocycles. The van der Waals surface area contributed by atoms with Crippen LogP contribution in [-0.2, 0) is 4.79 Å². The molecule has 1 heterocycles. The molecule has 1 aromatic rings. The zero-order valence-electron chi connectivity index (χ0n) is 11.1. The van der Waals surface area contributed by atoms with E-state index < -0.39 is 0 Å². The molecular formula is C13H14BrN3O3S. The predicted molar refractivity (Wildman–Crippen MR) is 83.8 cm³/mol. The summed E-state index contributed by atoms with van der Waals surface area (Å²) in [6.45, 7) is 1.04. The van der Waals surface area contributed by atoms with Crippen LogP contribution in [0.2, 0.25) is 0 Å². The van der Waals surface area contributed by atoms with Crippen LogP contribution in [0.15, 0.2) is 28.7 Å². The van der Waals surface area contributed by atoms with Crippen molar-refractivity contribution in [3.8, 4) is 0 Å². The summed E-state index contributed by atoms with van der Waals surface area (Å²) in [5.41, 5.74) is 5.13. The number of carbonyl (C=O) groups is 3. The summed E-state index contributed by atoms with van der Waals surface area (Å²) in [7, 11) is 0. The monoisotopic (exact) mass is 371 g/mol.